The van der Waals surface area contributed by atoms with Crippen LogP contribution in [0.25, 0.3) is 0 Å². The molecule has 0 bridgehead atoms. The van der Waals surface area contributed by atoms with Crippen molar-refractivity contribution in [3.8, 4) is 0 Å². The molecule has 0 aromatic rings. The van der Waals surface area contributed by atoms with Crippen molar-refractivity contribution in [1.29, 1.82) is 0 Å². The zero-order chi connectivity index (χ0) is 27.4. The maximum atomic E-state index is 14.0. The molecule has 2 amide bonds. The Morgan fingerprint density at radius 3 is 2.03 bits per heavy atom. The second-order valence-corrected chi connectivity index (χ2v) is 14.6. The van der Waals surface area contributed by atoms with Crippen LogP contribution in [0, 0.1) is 45.8 Å². The van der Waals surface area contributed by atoms with E-state index < -0.39 is 35.0 Å². The Balaban J connectivity index is 1.83. The smallest absolute Gasteiger partial charge is 0.285 e. The fourth-order valence-corrected chi connectivity index (χ4v) is 6.34. The number of hydrogen-bond donors (Lipinski definition) is 1. The summed E-state index contributed by atoms with van der Waals surface area (Å²) in [6.07, 6.45) is 2.98. The van der Waals surface area contributed by atoms with E-state index in [4.69, 9.17) is 5.73 Å². The van der Waals surface area contributed by atoms with Gasteiger partial charge in [-0.05, 0) is 40.4 Å². The quantitative estimate of drug-likeness (QED) is 0.430. The third-order valence-corrected chi connectivity index (χ3v) is 8.70. The zero-order valence-corrected chi connectivity index (χ0v) is 23.5. The van der Waals surface area contributed by atoms with E-state index in [0.717, 1.165) is 12.8 Å². The van der Waals surface area contributed by atoms with E-state index in [-0.39, 0.29) is 53.0 Å². The number of carbonyl (C=O) groups is 5. The van der Waals surface area contributed by atoms with Gasteiger partial charge in [0.05, 0.1) is 6.04 Å². The summed E-state index contributed by atoms with van der Waals surface area (Å²) < 4.78 is 0. The molecule has 36 heavy (non-hydrogen) atoms. The molecule has 5 atom stereocenters. The van der Waals surface area contributed by atoms with Gasteiger partial charge in [-0.1, -0.05) is 68.2 Å². The number of carbonyl (C=O) groups excluding carboxylic acids is 5. The first-order chi connectivity index (χ1) is 16.3. The minimum Gasteiger partial charge on any atom is -0.363 e. The Morgan fingerprint density at radius 1 is 0.972 bits per heavy atom. The van der Waals surface area contributed by atoms with Crippen LogP contribution in [0.1, 0.15) is 93.9 Å². The van der Waals surface area contributed by atoms with Crippen molar-refractivity contribution in [1.82, 2.24) is 4.90 Å². The molecule has 0 radical (unpaired) electrons. The van der Waals surface area contributed by atoms with Gasteiger partial charge in [0, 0.05) is 37.6 Å². The van der Waals surface area contributed by atoms with Crippen LogP contribution in [-0.4, -0.2) is 46.7 Å². The molecular formula is C29H46N2O5. The van der Waals surface area contributed by atoms with Crippen molar-refractivity contribution in [2.75, 3.05) is 6.54 Å². The van der Waals surface area contributed by atoms with Crippen LogP contribution in [0.3, 0.4) is 0 Å². The number of amides is 2. The third kappa shape index (κ3) is 6.25. The van der Waals surface area contributed by atoms with Gasteiger partial charge in [0.2, 0.25) is 11.7 Å². The number of hydrogen-bond acceptors (Lipinski definition) is 5. The van der Waals surface area contributed by atoms with E-state index in [2.05, 4.69) is 13.8 Å². The Hall–Kier alpha value is -2.05. The standard InChI is InChI=1S/C29H46N2O5/c1-27(2,3)14-18(32)13-19(28(4,5)6)26(36)31-15-20-22(29(20,7)8)23(31)21(33)12-17(11-16-9-10-16)24(34)25(30)35/h16-17,19-20,22-23H,9-15H2,1-8H3,(H2,30,35)/t17-,19-,20+,22+,23-/m1/s1. The summed E-state index contributed by atoms with van der Waals surface area (Å²) in [5.41, 5.74) is 4.63. The third-order valence-electron chi connectivity index (χ3n) is 8.70. The first-order valence-electron chi connectivity index (χ1n) is 13.5. The molecule has 2 aliphatic carbocycles. The van der Waals surface area contributed by atoms with Gasteiger partial charge in [-0.2, -0.15) is 0 Å². The predicted molar refractivity (Wildman–Crippen MR) is 138 cm³/mol. The lowest BCUT2D eigenvalue weighted by atomic mass is 9.75. The van der Waals surface area contributed by atoms with Gasteiger partial charge in [0.15, 0.2) is 5.78 Å². The van der Waals surface area contributed by atoms with Gasteiger partial charge in [-0.3, -0.25) is 24.0 Å². The number of likely N-dealkylation sites (tertiary alicyclic amines) is 1. The van der Waals surface area contributed by atoms with E-state index in [1.165, 1.54) is 0 Å². The highest BCUT2D eigenvalue weighted by Crippen LogP contribution is 2.65. The lowest BCUT2D eigenvalue weighted by Gasteiger charge is -2.37. The van der Waals surface area contributed by atoms with Crippen molar-refractivity contribution >= 4 is 29.2 Å². The number of fused-ring (bicyclic) bond motifs is 1. The van der Waals surface area contributed by atoms with Crippen LogP contribution >= 0.6 is 0 Å². The van der Waals surface area contributed by atoms with E-state index in [0.29, 0.717) is 25.3 Å². The van der Waals surface area contributed by atoms with Crippen LogP contribution in [0.4, 0.5) is 0 Å². The average Bonchev–Trinajstić information content (AvgIpc) is 3.55. The zero-order valence-electron chi connectivity index (χ0n) is 23.5. The Morgan fingerprint density at radius 2 is 1.56 bits per heavy atom. The summed E-state index contributed by atoms with van der Waals surface area (Å²) in [5, 5.41) is 0. The van der Waals surface area contributed by atoms with Crippen LogP contribution in [-0.2, 0) is 24.0 Å². The van der Waals surface area contributed by atoms with Gasteiger partial charge in [0.1, 0.15) is 5.78 Å². The first-order valence-corrected chi connectivity index (χ1v) is 13.5. The van der Waals surface area contributed by atoms with Crippen LogP contribution in [0.5, 0.6) is 0 Å². The lowest BCUT2D eigenvalue weighted by Crippen LogP contribution is -2.51. The van der Waals surface area contributed by atoms with Crippen LogP contribution in [0.15, 0.2) is 0 Å². The SMILES string of the molecule is CC(C)(C)CC(=O)C[C@H](C(=O)N1C[C@H]2[C@@H]([C@H]1C(=O)C[C@@H](CC1CC1)C(=O)C(N)=O)C2(C)C)C(C)(C)C. The summed E-state index contributed by atoms with van der Waals surface area (Å²) >= 11 is 0. The van der Waals surface area contributed by atoms with Gasteiger partial charge < -0.3 is 10.6 Å². The molecule has 1 aliphatic heterocycles. The number of ketones is 3. The number of nitrogens with two attached hydrogens (primary N) is 1. The summed E-state index contributed by atoms with van der Waals surface area (Å²) in [6, 6.07) is -0.623. The highest BCUT2D eigenvalue weighted by molar-refractivity contribution is 6.36. The van der Waals surface area contributed by atoms with Gasteiger partial charge in [-0.15, -0.1) is 0 Å². The molecule has 0 aromatic heterocycles. The topological polar surface area (TPSA) is 115 Å². The molecule has 7 nitrogen and oxygen atoms in total. The molecule has 0 unspecified atom stereocenters. The number of piperidine rings is 1. The number of primary amides is 1. The van der Waals surface area contributed by atoms with Crippen molar-refractivity contribution < 1.29 is 24.0 Å². The van der Waals surface area contributed by atoms with Gasteiger partial charge >= 0.3 is 0 Å². The van der Waals surface area contributed by atoms with Crippen molar-refractivity contribution in [2.45, 2.75) is 100.0 Å². The molecular weight excluding hydrogens is 456 g/mol. The van der Waals surface area contributed by atoms with Gasteiger partial charge in [-0.25, -0.2) is 0 Å². The molecule has 2 saturated carbocycles. The number of nitrogens with zero attached hydrogens (tertiary/aromatic N) is 1. The predicted octanol–water partition coefficient (Wildman–Crippen LogP) is 3.96. The number of rotatable bonds is 11. The molecule has 0 aromatic carbocycles. The van der Waals surface area contributed by atoms with E-state index in [1.807, 2.05) is 41.5 Å². The summed E-state index contributed by atoms with van der Waals surface area (Å²) in [5.74, 6) is -2.57. The molecule has 2 N–H and O–H groups in total. The molecule has 1 saturated heterocycles. The summed E-state index contributed by atoms with van der Waals surface area (Å²) in [6.45, 7) is 16.7. The highest BCUT2D eigenvalue weighted by atomic mass is 16.2. The maximum absolute atomic E-state index is 14.0. The Labute approximate surface area is 216 Å². The Bertz CT molecular complexity index is 934. The van der Waals surface area contributed by atoms with Gasteiger partial charge in [0.25, 0.3) is 5.91 Å². The normalized spacial score (nSPS) is 26.7. The monoisotopic (exact) mass is 502 g/mol. The van der Waals surface area contributed by atoms with E-state index in [9.17, 15) is 24.0 Å². The van der Waals surface area contributed by atoms with E-state index >= 15 is 0 Å². The molecule has 3 fully saturated rings. The molecule has 7 heteroatoms. The highest BCUT2D eigenvalue weighted by Gasteiger charge is 2.69. The van der Waals surface area contributed by atoms with Crippen molar-refractivity contribution in [3.05, 3.63) is 0 Å². The molecule has 3 rings (SSSR count). The van der Waals surface area contributed by atoms with E-state index in [1.54, 1.807) is 4.90 Å². The summed E-state index contributed by atoms with van der Waals surface area (Å²) in [7, 11) is 0. The van der Waals surface area contributed by atoms with Crippen LogP contribution in [0.2, 0.25) is 0 Å². The van der Waals surface area contributed by atoms with Crippen LogP contribution < -0.4 is 5.73 Å². The molecule has 3 aliphatic rings. The Kier molecular flexibility index (Phi) is 7.67. The maximum Gasteiger partial charge on any atom is 0.285 e. The van der Waals surface area contributed by atoms with Crippen molar-refractivity contribution in [3.63, 3.8) is 0 Å². The lowest BCUT2D eigenvalue weighted by molar-refractivity contribution is -0.148. The fraction of sp³-hybridized carbons (Fsp3) is 0.828. The summed E-state index contributed by atoms with van der Waals surface area (Å²) in [4.78, 5) is 66.5. The largest absolute Gasteiger partial charge is 0.363 e. The van der Waals surface area contributed by atoms with Crippen molar-refractivity contribution in [2.24, 2.45) is 51.6 Å². The minimum atomic E-state index is -0.998. The molecule has 202 valence electrons. The minimum absolute atomic E-state index is 0.0325. The second-order valence-electron chi connectivity index (χ2n) is 14.6. The molecule has 1 heterocycles. The number of Topliss-reactive ketones (excluding diaryl/α,β-unsaturated/α-hetero) is 3. The average molecular weight is 503 g/mol. The second kappa shape index (κ2) is 9.68. The molecule has 0 spiro atoms. The fourth-order valence-electron chi connectivity index (χ4n) is 6.34. The first kappa shape index (κ1) is 28.5.